The monoisotopic (exact) mass is 267 g/mol. The smallest absolute Gasteiger partial charge is 0.268 e. The maximum atomic E-state index is 13.5. The van der Waals surface area contributed by atoms with Crippen LogP contribution in [0.2, 0.25) is 0 Å². The van der Waals surface area contributed by atoms with E-state index >= 15 is 0 Å². The highest BCUT2D eigenvalue weighted by atomic mass is 32.1. The number of amides is 1. The Bertz CT molecular complexity index is 586. The Morgan fingerprint density at radius 3 is 2.72 bits per heavy atom. The SMILES string of the molecule is CC(C)(C)ONC(=O)c1cc2c(F)cccc2s1. The van der Waals surface area contributed by atoms with Crippen LogP contribution in [0.4, 0.5) is 4.39 Å². The zero-order valence-electron chi connectivity index (χ0n) is 10.4. The summed E-state index contributed by atoms with van der Waals surface area (Å²) in [6.45, 7) is 5.49. The third-order valence-corrected chi connectivity index (χ3v) is 3.28. The predicted molar refractivity (Wildman–Crippen MR) is 70.1 cm³/mol. The van der Waals surface area contributed by atoms with Crippen molar-refractivity contribution in [2.75, 3.05) is 0 Å². The van der Waals surface area contributed by atoms with Gasteiger partial charge >= 0.3 is 0 Å². The second-order valence-corrected chi connectivity index (χ2v) is 5.99. The number of hydrogen-bond acceptors (Lipinski definition) is 3. The first-order chi connectivity index (χ1) is 8.37. The molecule has 18 heavy (non-hydrogen) atoms. The van der Waals surface area contributed by atoms with Gasteiger partial charge in [-0.15, -0.1) is 11.3 Å². The summed E-state index contributed by atoms with van der Waals surface area (Å²) >= 11 is 1.24. The summed E-state index contributed by atoms with van der Waals surface area (Å²) < 4.78 is 14.2. The minimum Gasteiger partial charge on any atom is -0.268 e. The third-order valence-electron chi connectivity index (χ3n) is 2.18. The summed E-state index contributed by atoms with van der Waals surface area (Å²) in [5, 5.41) is 0.461. The van der Waals surface area contributed by atoms with Gasteiger partial charge in [-0.1, -0.05) is 6.07 Å². The molecular formula is C13H14FNO2S. The fourth-order valence-corrected chi connectivity index (χ4v) is 2.35. The minimum atomic E-state index is -0.461. The fourth-order valence-electron chi connectivity index (χ4n) is 1.39. The molecule has 0 bridgehead atoms. The molecule has 3 nitrogen and oxygen atoms in total. The number of fused-ring (bicyclic) bond motifs is 1. The molecule has 96 valence electrons. The average Bonchev–Trinajstić information content (AvgIpc) is 2.70. The summed E-state index contributed by atoms with van der Waals surface area (Å²) in [4.78, 5) is 17.4. The van der Waals surface area contributed by atoms with Crippen molar-refractivity contribution in [1.82, 2.24) is 5.48 Å². The van der Waals surface area contributed by atoms with E-state index in [0.717, 1.165) is 4.70 Å². The van der Waals surface area contributed by atoms with Gasteiger partial charge in [0.25, 0.3) is 5.91 Å². The van der Waals surface area contributed by atoms with Crippen molar-refractivity contribution in [1.29, 1.82) is 0 Å². The van der Waals surface area contributed by atoms with E-state index < -0.39 is 5.60 Å². The van der Waals surface area contributed by atoms with E-state index in [9.17, 15) is 9.18 Å². The van der Waals surface area contributed by atoms with Crippen LogP contribution in [-0.4, -0.2) is 11.5 Å². The standard InChI is InChI=1S/C13H14FNO2S/c1-13(2,3)17-15-12(16)11-7-8-9(14)5-4-6-10(8)18-11/h4-7H,1-3H3,(H,15,16). The molecule has 0 aliphatic rings. The number of benzene rings is 1. The van der Waals surface area contributed by atoms with Crippen LogP contribution in [0.25, 0.3) is 10.1 Å². The Balaban J connectivity index is 2.21. The van der Waals surface area contributed by atoms with Crippen LogP contribution < -0.4 is 5.48 Å². The molecule has 0 aliphatic heterocycles. The maximum Gasteiger partial charge on any atom is 0.284 e. The predicted octanol–water partition coefficient (Wildman–Crippen LogP) is 3.50. The van der Waals surface area contributed by atoms with Crippen LogP contribution in [-0.2, 0) is 4.84 Å². The topological polar surface area (TPSA) is 38.3 Å². The Morgan fingerprint density at radius 2 is 2.11 bits per heavy atom. The zero-order chi connectivity index (χ0) is 13.3. The van der Waals surface area contributed by atoms with Crippen molar-refractivity contribution in [2.24, 2.45) is 0 Å². The van der Waals surface area contributed by atoms with Gasteiger partial charge < -0.3 is 0 Å². The number of carbonyl (C=O) groups excluding carboxylic acids is 1. The molecule has 0 spiro atoms. The molecule has 2 rings (SSSR count). The molecule has 0 atom stereocenters. The Morgan fingerprint density at radius 1 is 1.39 bits per heavy atom. The van der Waals surface area contributed by atoms with Gasteiger partial charge in [0.15, 0.2) is 0 Å². The summed E-state index contributed by atoms with van der Waals surface area (Å²) in [7, 11) is 0. The molecule has 1 aromatic carbocycles. The fraction of sp³-hybridized carbons (Fsp3) is 0.308. The van der Waals surface area contributed by atoms with E-state index in [-0.39, 0.29) is 11.7 Å². The highest BCUT2D eigenvalue weighted by Crippen LogP contribution is 2.27. The summed E-state index contributed by atoms with van der Waals surface area (Å²) in [6.07, 6.45) is 0. The molecule has 5 heteroatoms. The number of carbonyl (C=O) groups is 1. The molecule has 1 aromatic heterocycles. The van der Waals surface area contributed by atoms with Gasteiger partial charge in [-0.25, -0.2) is 9.87 Å². The molecule has 2 aromatic rings. The van der Waals surface area contributed by atoms with Gasteiger partial charge in [-0.2, -0.15) is 0 Å². The van der Waals surface area contributed by atoms with Gasteiger partial charge in [-0.05, 0) is 39.0 Å². The van der Waals surface area contributed by atoms with Crippen LogP contribution in [0.1, 0.15) is 30.4 Å². The maximum absolute atomic E-state index is 13.5. The van der Waals surface area contributed by atoms with E-state index in [2.05, 4.69) is 5.48 Å². The van der Waals surface area contributed by atoms with Crippen molar-refractivity contribution in [3.8, 4) is 0 Å². The molecule has 1 amide bonds. The summed E-state index contributed by atoms with van der Waals surface area (Å²) in [5.74, 6) is -0.676. The number of halogens is 1. The lowest BCUT2D eigenvalue weighted by molar-refractivity contribution is -0.0588. The molecule has 1 N–H and O–H groups in total. The van der Waals surface area contributed by atoms with Gasteiger partial charge in [-0.3, -0.25) is 9.63 Å². The largest absolute Gasteiger partial charge is 0.284 e. The van der Waals surface area contributed by atoms with Crippen LogP contribution >= 0.6 is 11.3 Å². The highest BCUT2D eigenvalue weighted by molar-refractivity contribution is 7.20. The molecule has 0 fully saturated rings. The van der Waals surface area contributed by atoms with Crippen molar-refractivity contribution in [2.45, 2.75) is 26.4 Å². The summed E-state index contributed by atoms with van der Waals surface area (Å²) in [5.41, 5.74) is 1.91. The molecular weight excluding hydrogens is 253 g/mol. The molecule has 1 heterocycles. The number of nitrogens with one attached hydrogen (secondary N) is 1. The normalized spacial score (nSPS) is 11.8. The van der Waals surface area contributed by atoms with Crippen LogP contribution in [0.5, 0.6) is 0 Å². The van der Waals surface area contributed by atoms with Crippen LogP contribution in [0, 0.1) is 5.82 Å². The van der Waals surface area contributed by atoms with Gasteiger partial charge in [0.05, 0.1) is 10.5 Å². The van der Waals surface area contributed by atoms with Crippen molar-refractivity contribution in [3.63, 3.8) is 0 Å². The van der Waals surface area contributed by atoms with Gasteiger partial charge in [0, 0.05) is 10.1 Å². The Kier molecular flexibility index (Phi) is 3.36. The lowest BCUT2D eigenvalue weighted by Crippen LogP contribution is -2.33. The lowest BCUT2D eigenvalue weighted by Gasteiger charge is -2.18. The number of hydrogen-bond donors (Lipinski definition) is 1. The molecule has 0 saturated carbocycles. The number of thiophene rings is 1. The lowest BCUT2D eigenvalue weighted by atomic mass is 10.2. The summed E-state index contributed by atoms with van der Waals surface area (Å²) in [6, 6.07) is 6.32. The first-order valence-corrected chi connectivity index (χ1v) is 6.35. The Labute approximate surface area is 109 Å². The molecule has 0 saturated heterocycles. The molecule has 0 aliphatic carbocycles. The van der Waals surface area contributed by atoms with Crippen LogP contribution in [0.15, 0.2) is 24.3 Å². The van der Waals surface area contributed by atoms with Crippen molar-refractivity contribution in [3.05, 3.63) is 35.0 Å². The van der Waals surface area contributed by atoms with E-state index in [1.54, 1.807) is 12.1 Å². The Hall–Kier alpha value is -1.46. The van der Waals surface area contributed by atoms with E-state index in [0.29, 0.717) is 10.3 Å². The second kappa shape index (κ2) is 4.66. The van der Waals surface area contributed by atoms with Crippen LogP contribution in [0.3, 0.4) is 0 Å². The van der Waals surface area contributed by atoms with E-state index in [4.69, 9.17) is 4.84 Å². The van der Waals surface area contributed by atoms with Crippen molar-refractivity contribution >= 4 is 27.3 Å². The van der Waals surface area contributed by atoms with Gasteiger partial charge in [0.1, 0.15) is 5.82 Å². The van der Waals surface area contributed by atoms with Gasteiger partial charge in [0.2, 0.25) is 0 Å². The highest BCUT2D eigenvalue weighted by Gasteiger charge is 2.16. The zero-order valence-corrected chi connectivity index (χ0v) is 11.2. The third kappa shape index (κ3) is 2.86. The first-order valence-electron chi connectivity index (χ1n) is 5.53. The van der Waals surface area contributed by atoms with E-state index in [1.165, 1.54) is 23.5 Å². The number of hydroxylamine groups is 1. The number of rotatable bonds is 2. The molecule has 0 radical (unpaired) electrons. The molecule has 0 unspecified atom stereocenters. The van der Waals surface area contributed by atoms with Crippen molar-refractivity contribution < 1.29 is 14.0 Å². The minimum absolute atomic E-state index is 0.320. The average molecular weight is 267 g/mol. The van der Waals surface area contributed by atoms with E-state index in [1.807, 2.05) is 20.8 Å². The first kappa shape index (κ1) is 13.0. The second-order valence-electron chi connectivity index (χ2n) is 4.91. The quantitative estimate of drug-likeness (QED) is 0.846.